The van der Waals surface area contributed by atoms with E-state index in [1.54, 1.807) is 6.07 Å². The first-order valence-electron chi connectivity index (χ1n) is 19.4. The van der Waals surface area contributed by atoms with Gasteiger partial charge in [0.2, 0.25) is 0 Å². The van der Waals surface area contributed by atoms with Gasteiger partial charge in [-0.15, -0.1) is 0 Å². The highest BCUT2D eigenvalue weighted by Gasteiger charge is 2.37. The van der Waals surface area contributed by atoms with Crippen LogP contribution in [0, 0.1) is 11.6 Å². The molecule has 0 fully saturated rings. The largest absolute Gasteiger partial charge is 0.490 e. The molecule has 4 aromatic carbocycles. The number of sulfonamides is 2. The van der Waals surface area contributed by atoms with E-state index in [4.69, 9.17) is 61.0 Å². The first-order valence-corrected chi connectivity index (χ1v) is 23.9. The topological polar surface area (TPSA) is 206 Å². The Hall–Kier alpha value is -6.38. The Bertz CT molecular complexity index is 3270. The van der Waals surface area contributed by atoms with E-state index in [1.807, 2.05) is 4.72 Å². The van der Waals surface area contributed by atoms with Crippen molar-refractivity contribution in [3.8, 4) is 11.5 Å². The average molecular weight is 1130 g/mol. The number of carboxylic acids is 1. The van der Waals surface area contributed by atoms with Crippen molar-refractivity contribution >= 4 is 101 Å². The third kappa shape index (κ3) is 13.8. The first-order chi connectivity index (χ1) is 33.1. The first kappa shape index (κ1) is 56.5. The SMILES string of the molecule is C.Fc1ccc2c(c1)NCCO2.O=C(O)c1ncc(Cl)cc1NS(=O)(=O)c1ccc(Cl)c(C(F)(F)F)c1.O=C(c1ncc(Cl)cc1NS(=O)(=O)c1ccc(Cl)c(C(F)(F)F)c1)N1CCOc2ccc(F)cc21. The number of nitrogens with zero attached hydrogens (tertiary/aromatic N) is 3. The summed E-state index contributed by atoms with van der Waals surface area (Å²) in [5.74, 6) is -2.29. The summed E-state index contributed by atoms with van der Waals surface area (Å²) in [6, 6.07) is 14.1. The summed E-state index contributed by atoms with van der Waals surface area (Å²) >= 11 is 22.6. The molecule has 4 heterocycles. The van der Waals surface area contributed by atoms with Gasteiger partial charge in [0.15, 0.2) is 11.4 Å². The predicted octanol–water partition coefficient (Wildman–Crippen LogP) is 11.6. The number of benzene rings is 4. The minimum absolute atomic E-state index is 0. The molecule has 0 saturated carbocycles. The van der Waals surface area contributed by atoms with Crippen molar-refractivity contribution in [3.63, 3.8) is 0 Å². The second kappa shape index (κ2) is 22.6. The quantitative estimate of drug-likeness (QED) is 0.105. The van der Waals surface area contributed by atoms with Crippen LogP contribution in [-0.2, 0) is 32.4 Å². The van der Waals surface area contributed by atoms with Crippen molar-refractivity contribution in [2.75, 3.05) is 46.0 Å². The van der Waals surface area contributed by atoms with Gasteiger partial charge in [-0.1, -0.05) is 53.8 Å². The number of nitrogens with one attached hydrogen (secondary N) is 3. The number of halogens is 12. The van der Waals surface area contributed by atoms with Crippen LogP contribution in [0.2, 0.25) is 20.1 Å². The molecule has 0 aliphatic carbocycles. The molecular weight excluding hydrogens is 1100 g/mol. The third-order valence-electron chi connectivity index (χ3n) is 9.36. The molecule has 2 aliphatic heterocycles. The molecule has 2 aliphatic rings. The molecule has 0 bridgehead atoms. The van der Waals surface area contributed by atoms with Gasteiger partial charge in [-0.3, -0.25) is 19.1 Å². The van der Waals surface area contributed by atoms with Gasteiger partial charge < -0.3 is 19.9 Å². The van der Waals surface area contributed by atoms with Crippen LogP contribution in [0.4, 0.5) is 57.9 Å². The predicted molar refractivity (Wildman–Crippen MR) is 251 cm³/mol. The van der Waals surface area contributed by atoms with Crippen molar-refractivity contribution in [1.82, 2.24) is 9.97 Å². The lowest BCUT2D eigenvalue weighted by Crippen LogP contribution is -2.39. The Morgan fingerprint density at radius 3 is 1.64 bits per heavy atom. The minimum Gasteiger partial charge on any atom is -0.490 e. The summed E-state index contributed by atoms with van der Waals surface area (Å²) in [6.45, 7) is 1.47. The molecule has 0 saturated heterocycles. The van der Waals surface area contributed by atoms with Gasteiger partial charge >= 0.3 is 18.3 Å². The average Bonchev–Trinajstić information content (AvgIpc) is 3.28. The number of ether oxygens (including phenoxy) is 2. The van der Waals surface area contributed by atoms with Gasteiger partial charge in [0, 0.05) is 31.1 Å². The number of aromatic nitrogens is 2. The van der Waals surface area contributed by atoms with Gasteiger partial charge in [0.05, 0.1) is 70.3 Å². The van der Waals surface area contributed by atoms with E-state index in [1.165, 1.54) is 18.2 Å². The van der Waals surface area contributed by atoms with Crippen molar-refractivity contribution in [3.05, 3.63) is 152 Å². The van der Waals surface area contributed by atoms with Gasteiger partial charge in [-0.25, -0.2) is 40.4 Å². The van der Waals surface area contributed by atoms with Crippen LogP contribution < -0.4 is 29.1 Å². The smallest absolute Gasteiger partial charge is 0.417 e. The van der Waals surface area contributed by atoms with Crippen LogP contribution in [0.25, 0.3) is 0 Å². The molecule has 29 heteroatoms. The summed E-state index contributed by atoms with van der Waals surface area (Å²) in [5.41, 5.74) is -3.83. The lowest BCUT2D eigenvalue weighted by molar-refractivity contribution is -0.138. The Labute approximate surface area is 423 Å². The lowest BCUT2D eigenvalue weighted by Gasteiger charge is -2.29. The maximum atomic E-state index is 13.8. The van der Waals surface area contributed by atoms with Crippen LogP contribution in [0.3, 0.4) is 0 Å². The lowest BCUT2D eigenvalue weighted by atomic mass is 10.2. The third-order valence-corrected chi connectivity index (χ3v) is 13.2. The molecule has 15 nitrogen and oxygen atoms in total. The number of pyridine rings is 2. The van der Waals surface area contributed by atoms with Crippen molar-refractivity contribution in [2.45, 2.75) is 29.6 Å². The zero-order valence-corrected chi connectivity index (χ0v) is 39.6. The number of carbonyl (C=O) groups excluding carboxylic acids is 1. The molecule has 4 N–H and O–H groups in total. The molecule has 0 unspecified atom stereocenters. The van der Waals surface area contributed by atoms with Crippen LogP contribution in [-0.4, -0.2) is 70.1 Å². The van der Waals surface area contributed by atoms with Crippen molar-refractivity contribution in [1.29, 1.82) is 0 Å². The molecule has 384 valence electrons. The zero-order valence-electron chi connectivity index (χ0n) is 35.0. The fraction of sp³-hybridized carbons (Fsp3) is 0.163. The van der Waals surface area contributed by atoms with Crippen LogP contribution in [0.1, 0.15) is 39.5 Å². The van der Waals surface area contributed by atoms with E-state index in [2.05, 4.69) is 20.0 Å². The minimum atomic E-state index is -4.90. The van der Waals surface area contributed by atoms with Crippen LogP contribution >= 0.6 is 46.4 Å². The maximum absolute atomic E-state index is 13.8. The molecule has 0 atom stereocenters. The molecule has 72 heavy (non-hydrogen) atoms. The fourth-order valence-corrected chi connectivity index (χ4v) is 9.13. The van der Waals surface area contributed by atoms with Gasteiger partial charge in [0.25, 0.3) is 26.0 Å². The highest BCUT2D eigenvalue weighted by atomic mass is 35.5. The summed E-state index contributed by atoms with van der Waals surface area (Å²) < 4.78 is 170. The highest BCUT2D eigenvalue weighted by molar-refractivity contribution is 7.93. The number of aromatic carboxylic acids is 1. The van der Waals surface area contributed by atoms with E-state index in [0.717, 1.165) is 83.8 Å². The molecular formula is C43H32Cl4F8N6O9S2. The van der Waals surface area contributed by atoms with Crippen LogP contribution in [0.15, 0.2) is 107 Å². The Morgan fingerprint density at radius 1 is 0.653 bits per heavy atom. The fourth-order valence-electron chi connectivity index (χ4n) is 6.20. The molecule has 0 radical (unpaired) electrons. The Balaban J connectivity index is 0.000000225. The number of anilines is 4. The number of alkyl halides is 6. The normalized spacial score (nSPS) is 13.1. The number of carbonyl (C=O) groups is 2. The second-order valence-electron chi connectivity index (χ2n) is 14.2. The van der Waals surface area contributed by atoms with Gasteiger partial charge in [-0.05, 0) is 72.8 Å². The number of fused-ring (bicyclic) bond motifs is 2. The van der Waals surface area contributed by atoms with E-state index < -0.39 is 104 Å². The van der Waals surface area contributed by atoms with E-state index in [9.17, 15) is 61.5 Å². The van der Waals surface area contributed by atoms with E-state index >= 15 is 0 Å². The van der Waals surface area contributed by atoms with E-state index in [0.29, 0.717) is 18.7 Å². The maximum Gasteiger partial charge on any atom is 0.417 e. The zero-order chi connectivity index (χ0) is 52.2. The van der Waals surface area contributed by atoms with Crippen LogP contribution in [0.5, 0.6) is 11.5 Å². The summed E-state index contributed by atoms with van der Waals surface area (Å²) in [4.78, 5) is 31.4. The Kier molecular flexibility index (Phi) is 17.7. The molecule has 1 amide bonds. The molecule has 0 spiro atoms. The number of hydrogen-bond acceptors (Lipinski definition) is 11. The summed E-state index contributed by atoms with van der Waals surface area (Å²) in [6.07, 6.45) is -7.71. The summed E-state index contributed by atoms with van der Waals surface area (Å²) in [7, 11) is -9.20. The van der Waals surface area contributed by atoms with Gasteiger partial charge in [-0.2, -0.15) is 26.3 Å². The second-order valence-corrected chi connectivity index (χ2v) is 19.3. The van der Waals surface area contributed by atoms with Gasteiger partial charge in [0.1, 0.15) is 36.3 Å². The summed E-state index contributed by atoms with van der Waals surface area (Å²) in [5, 5.41) is 10.5. The molecule has 2 aromatic heterocycles. The monoisotopic (exact) mass is 1130 g/mol. The molecule has 8 rings (SSSR count). The Morgan fingerprint density at radius 2 is 1.12 bits per heavy atom. The standard InChI is InChI=1S/C21H13Cl2F4N3O4S.C13H7Cl2F3N2O4S.C8H8FNO.CH4/c22-11-7-16(29-35(32,33)13-2-3-15(23)14(9-13)21(25,26)27)19(28-10-11)20(31)30-5-6-34-18-4-1-12(24)8-17(18)30;14-6-3-10(11(12(21)22)19-5-6)20-25(23,24)7-1-2-9(15)8(4-7)13(16,17)18;9-6-1-2-8-7(5-6)10-3-4-11-8;/h1-4,7-10,29H,5-6H2;1-5,20H,(H,21,22);1-2,5,10H,3-4H2;1H4. The number of amides is 1. The van der Waals surface area contributed by atoms with Crippen molar-refractivity contribution in [2.24, 2.45) is 0 Å². The number of hydrogen-bond donors (Lipinski definition) is 4. The molecule has 6 aromatic rings. The number of rotatable bonds is 8. The van der Waals surface area contributed by atoms with E-state index in [-0.39, 0.29) is 47.9 Å². The number of carboxylic acid groups (broad SMARTS) is 1. The highest BCUT2D eigenvalue weighted by Crippen LogP contribution is 2.39. The van der Waals surface area contributed by atoms with Crippen molar-refractivity contribution < 1.29 is 76.1 Å².